The van der Waals surface area contributed by atoms with E-state index in [0.29, 0.717) is 29.4 Å². The summed E-state index contributed by atoms with van der Waals surface area (Å²) in [6.07, 6.45) is 0.581. The van der Waals surface area contributed by atoms with E-state index < -0.39 is 0 Å². The highest BCUT2D eigenvalue weighted by atomic mass is 35.5. The number of hydrogen-bond acceptors (Lipinski definition) is 1. The van der Waals surface area contributed by atoms with Crippen molar-refractivity contribution in [2.75, 3.05) is 6.61 Å². The molecule has 3 aromatic rings. The van der Waals surface area contributed by atoms with E-state index in [0.717, 1.165) is 22.3 Å². The Morgan fingerprint density at radius 3 is 2.30 bits per heavy atom. The fraction of sp³-hybridized carbons (Fsp3) is 0.250. The molecule has 3 heteroatoms. The number of halogens is 2. The average Bonchev–Trinajstić information content (AvgIpc) is 2.64. The van der Waals surface area contributed by atoms with Crippen LogP contribution in [-0.2, 0) is 6.42 Å². The third-order valence-corrected chi connectivity index (χ3v) is 5.42. The Labute approximate surface area is 165 Å². The molecular weight excluding hydrogens is 359 g/mol. The smallest absolute Gasteiger partial charge is 0.130 e. The lowest BCUT2D eigenvalue weighted by atomic mass is 9.93. The number of ether oxygens (including phenoxy) is 1. The predicted octanol–water partition coefficient (Wildman–Crippen LogP) is 7.39. The first-order chi connectivity index (χ1) is 13.0. The molecular formula is C24H24ClFO. The van der Waals surface area contributed by atoms with Crippen LogP contribution in [0.3, 0.4) is 0 Å². The third-order valence-electron chi connectivity index (χ3n) is 5.01. The molecule has 0 radical (unpaired) electrons. The van der Waals surface area contributed by atoms with Gasteiger partial charge in [-0.05, 0) is 61.6 Å². The summed E-state index contributed by atoms with van der Waals surface area (Å²) in [5, 5.41) is 0.622. The molecule has 0 aliphatic heterocycles. The number of aryl methyl sites for hydroxylation is 1. The molecule has 0 N–H and O–H groups in total. The second-order valence-corrected chi connectivity index (χ2v) is 7.01. The van der Waals surface area contributed by atoms with Crippen molar-refractivity contribution < 1.29 is 9.13 Å². The van der Waals surface area contributed by atoms with Crippen molar-refractivity contribution in [3.05, 3.63) is 76.1 Å². The minimum Gasteiger partial charge on any atom is -0.493 e. The van der Waals surface area contributed by atoms with Crippen LogP contribution < -0.4 is 4.74 Å². The summed E-state index contributed by atoms with van der Waals surface area (Å²) in [6, 6.07) is 15.5. The molecule has 0 aromatic heterocycles. The van der Waals surface area contributed by atoms with E-state index in [1.165, 1.54) is 11.1 Å². The Bertz CT molecular complexity index is 978. The molecule has 0 heterocycles. The molecule has 0 spiro atoms. The van der Waals surface area contributed by atoms with Crippen molar-refractivity contribution in [2.24, 2.45) is 0 Å². The fourth-order valence-corrected chi connectivity index (χ4v) is 3.74. The van der Waals surface area contributed by atoms with Crippen molar-refractivity contribution in [3.63, 3.8) is 0 Å². The molecule has 27 heavy (non-hydrogen) atoms. The maximum absolute atomic E-state index is 14.7. The summed E-state index contributed by atoms with van der Waals surface area (Å²) in [6.45, 7) is 8.50. The average molecular weight is 383 g/mol. The topological polar surface area (TPSA) is 9.23 Å². The number of rotatable bonds is 5. The van der Waals surface area contributed by atoms with Crippen LogP contribution in [-0.4, -0.2) is 6.61 Å². The van der Waals surface area contributed by atoms with Gasteiger partial charge in [0.1, 0.15) is 11.6 Å². The van der Waals surface area contributed by atoms with E-state index in [1.807, 2.05) is 44.2 Å². The van der Waals surface area contributed by atoms with Crippen LogP contribution in [0.25, 0.3) is 22.3 Å². The van der Waals surface area contributed by atoms with Crippen molar-refractivity contribution >= 4 is 11.6 Å². The molecule has 0 aliphatic carbocycles. The SMILES string of the molecule is CCOc1cc(-c2cccc(-c3cccc(C)c3C)c2Cl)cc(F)c1CC. The molecule has 140 valence electrons. The maximum Gasteiger partial charge on any atom is 0.130 e. The summed E-state index contributed by atoms with van der Waals surface area (Å²) in [4.78, 5) is 0. The molecule has 0 saturated carbocycles. The van der Waals surface area contributed by atoms with Crippen molar-refractivity contribution in [2.45, 2.75) is 34.1 Å². The lowest BCUT2D eigenvalue weighted by molar-refractivity contribution is 0.334. The van der Waals surface area contributed by atoms with E-state index in [2.05, 4.69) is 26.0 Å². The zero-order valence-electron chi connectivity index (χ0n) is 16.2. The van der Waals surface area contributed by atoms with Gasteiger partial charge in [-0.25, -0.2) is 4.39 Å². The van der Waals surface area contributed by atoms with E-state index in [1.54, 1.807) is 6.07 Å². The summed E-state index contributed by atoms with van der Waals surface area (Å²) >= 11 is 6.79. The molecule has 0 aliphatic rings. The van der Waals surface area contributed by atoms with Gasteiger partial charge in [0.2, 0.25) is 0 Å². The van der Waals surface area contributed by atoms with Gasteiger partial charge in [0, 0.05) is 16.7 Å². The first-order valence-corrected chi connectivity index (χ1v) is 9.66. The van der Waals surface area contributed by atoms with Crippen LogP contribution in [0.15, 0.2) is 48.5 Å². The Morgan fingerprint density at radius 1 is 0.926 bits per heavy atom. The van der Waals surface area contributed by atoms with Crippen LogP contribution >= 0.6 is 11.6 Å². The van der Waals surface area contributed by atoms with Gasteiger partial charge in [-0.15, -0.1) is 0 Å². The normalized spacial score (nSPS) is 10.9. The van der Waals surface area contributed by atoms with Crippen molar-refractivity contribution in [1.29, 1.82) is 0 Å². The zero-order chi connectivity index (χ0) is 19.6. The van der Waals surface area contributed by atoms with Gasteiger partial charge in [-0.1, -0.05) is 54.9 Å². The molecule has 0 bridgehead atoms. The monoisotopic (exact) mass is 382 g/mol. The van der Waals surface area contributed by atoms with Crippen molar-refractivity contribution in [1.82, 2.24) is 0 Å². The standard InChI is InChI=1S/C24H24ClFO/c1-5-18-22(26)13-17(14-23(18)27-6-2)20-11-8-12-21(24(20)25)19-10-7-9-15(3)16(19)4/h7-14H,5-6H2,1-4H3. The molecule has 3 rings (SSSR count). The van der Waals surface area contributed by atoms with Crippen LogP contribution in [0.4, 0.5) is 4.39 Å². The van der Waals surface area contributed by atoms with Gasteiger partial charge in [0.25, 0.3) is 0 Å². The Hall–Kier alpha value is -2.32. The summed E-state index contributed by atoms with van der Waals surface area (Å²) in [5.41, 5.74) is 6.58. The maximum atomic E-state index is 14.7. The molecule has 0 saturated heterocycles. The minimum atomic E-state index is -0.258. The van der Waals surface area contributed by atoms with E-state index >= 15 is 0 Å². The Balaban J connectivity index is 2.18. The highest BCUT2D eigenvalue weighted by Gasteiger charge is 2.16. The highest BCUT2D eigenvalue weighted by Crippen LogP contribution is 2.40. The molecule has 0 amide bonds. The lowest BCUT2D eigenvalue weighted by Crippen LogP contribution is -2.00. The molecule has 3 aromatic carbocycles. The quantitative estimate of drug-likeness (QED) is 0.447. The Morgan fingerprint density at radius 2 is 1.59 bits per heavy atom. The van der Waals surface area contributed by atoms with E-state index in [9.17, 15) is 4.39 Å². The van der Waals surface area contributed by atoms with Crippen LogP contribution in [0.2, 0.25) is 5.02 Å². The zero-order valence-corrected chi connectivity index (χ0v) is 17.0. The first kappa shape index (κ1) is 19.4. The van der Waals surface area contributed by atoms with E-state index in [-0.39, 0.29) is 5.82 Å². The van der Waals surface area contributed by atoms with Gasteiger partial charge in [-0.3, -0.25) is 0 Å². The summed E-state index contributed by atoms with van der Waals surface area (Å²) < 4.78 is 20.3. The van der Waals surface area contributed by atoms with Crippen LogP contribution in [0.5, 0.6) is 5.75 Å². The van der Waals surface area contributed by atoms with Gasteiger partial charge in [-0.2, -0.15) is 0 Å². The van der Waals surface area contributed by atoms with Crippen LogP contribution in [0.1, 0.15) is 30.5 Å². The summed E-state index contributed by atoms with van der Waals surface area (Å²) in [7, 11) is 0. The predicted molar refractivity (Wildman–Crippen MR) is 112 cm³/mol. The third kappa shape index (κ3) is 3.72. The van der Waals surface area contributed by atoms with Crippen molar-refractivity contribution in [3.8, 4) is 28.0 Å². The summed E-state index contributed by atoms with van der Waals surface area (Å²) in [5.74, 6) is 0.329. The minimum absolute atomic E-state index is 0.258. The second-order valence-electron chi connectivity index (χ2n) is 6.64. The number of benzene rings is 3. The van der Waals surface area contributed by atoms with Gasteiger partial charge in [0.05, 0.1) is 11.6 Å². The molecule has 0 fully saturated rings. The van der Waals surface area contributed by atoms with Gasteiger partial charge >= 0.3 is 0 Å². The molecule has 0 unspecified atom stereocenters. The first-order valence-electron chi connectivity index (χ1n) is 9.28. The highest BCUT2D eigenvalue weighted by molar-refractivity contribution is 6.36. The number of hydrogen-bond donors (Lipinski definition) is 0. The van der Waals surface area contributed by atoms with E-state index in [4.69, 9.17) is 16.3 Å². The van der Waals surface area contributed by atoms with Crippen LogP contribution in [0, 0.1) is 19.7 Å². The largest absolute Gasteiger partial charge is 0.493 e. The second kappa shape index (κ2) is 8.14. The van der Waals surface area contributed by atoms with Gasteiger partial charge in [0.15, 0.2) is 0 Å². The lowest BCUT2D eigenvalue weighted by Gasteiger charge is -2.16. The molecule has 0 atom stereocenters. The molecule has 1 nitrogen and oxygen atoms in total. The van der Waals surface area contributed by atoms with Gasteiger partial charge < -0.3 is 4.74 Å². The fourth-order valence-electron chi connectivity index (χ4n) is 3.40. The Kier molecular flexibility index (Phi) is 5.86.